The largest absolute Gasteiger partial charge is 0.508 e. The van der Waals surface area contributed by atoms with Gasteiger partial charge in [-0.25, -0.2) is 9.98 Å². The first-order valence-corrected chi connectivity index (χ1v) is 7.04. The summed E-state index contributed by atoms with van der Waals surface area (Å²) < 4.78 is -1.78. The van der Waals surface area contributed by atoms with Gasteiger partial charge < -0.3 is 5.11 Å². The van der Waals surface area contributed by atoms with Gasteiger partial charge in [-0.05, 0) is 18.2 Å². The monoisotopic (exact) mass is 351 g/mol. The van der Waals surface area contributed by atoms with Crippen LogP contribution in [0.25, 0.3) is 0 Å². The Morgan fingerprint density at radius 2 is 1.95 bits per heavy atom. The first-order valence-electron chi connectivity index (χ1n) is 5.53. The van der Waals surface area contributed by atoms with Gasteiger partial charge in [0.2, 0.25) is 3.79 Å². The standard InChI is InChI=1S/C12H9Cl4N3O/c13-7-1-2-9(20)6(3-7)4-8-5-10(17)19-11(18-8)12(14,15)16/h1-3,17,20H,4-5H2. The lowest BCUT2D eigenvalue weighted by molar-refractivity contribution is 0.470. The van der Waals surface area contributed by atoms with Crippen molar-refractivity contribution in [2.45, 2.75) is 16.6 Å². The minimum Gasteiger partial charge on any atom is -0.508 e. The molecule has 2 N–H and O–H groups in total. The van der Waals surface area contributed by atoms with Gasteiger partial charge in [-0.2, -0.15) is 0 Å². The zero-order valence-electron chi connectivity index (χ0n) is 10.00. The number of nitrogens with zero attached hydrogens (tertiary/aromatic N) is 2. The highest BCUT2D eigenvalue weighted by atomic mass is 35.6. The van der Waals surface area contributed by atoms with E-state index in [1.54, 1.807) is 12.1 Å². The van der Waals surface area contributed by atoms with Crippen LogP contribution in [0, 0.1) is 5.41 Å². The van der Waals surface area contributed by atoms with Crippen molar-refractivity contribution in [1.29, 1.82) is 5.41 Å². The minimum atomic E-state index is -1.78. The Kier molecular flexibility index (Phi) is 4.59. The van der Waals surface area contributed by atoms with Crippen LogP contribution in [-0.2, 0) is 6.42 Å². The van der Waals surface area contributed by atoms with Gasteiger partial charge >= 0.3 is 0 Å². The number of halogens is 4. The summed E-state index contributed by atoms with van der Waals surface area (Å²) >= 11 is 23.1. The van der Waals surface area contributed by atoms with Gasteiger partial charge in [-0.15, -0.1) is 0 Å². The molecule has 1 aliphatic rings. The average Bonchev–Trinajstić information content (AvgIpc) is 2.32. The maximum atomic E-state index is 9.78. The highest BCUT2D eigenvalue weighted by molar-refractivity contribution is 6.77. The van der Waals surface area contributed by atoms with E-state index in [2.05, 4.69) is 9.98 Å². The number of rotatable bonds is 2. The average molecular weight is 353 g/mol. The number of benzene rings is 1. The van der Waals surface area contributed by atoms with Crippen LogP contribution in [0.2, 0.25) is 5.02 Å². The highest BCUT2D eigenvalue weighted by Crippen LogP contribution is 2.31. The van der Waals surface area contributed by atoms with Gasteiger partial charge in [-0.3, -0.25) is 5.41 Å². The van der Waals surface area contributed by atoms with Crippen LogP contribution in [0.15, 0.2) is 28.2 Å². The van der Waals surface area contributed by atoms with Crippen LogP contribution in [0.5, 0.6) is 5.75 Å². The summed E-state index contributed by atoms with van der Waals surface area (Å²) in [5, 5.41) is 17.9. The van der Waals surface area contributed by atoms with Crippen molar-refractivity contribution < 1.29 is 5.11 Å². The van der Waals surface area contributed by atoms with E-state index in [-0.39, 0.29) is 23.8 Å². The highest BCUT2D eigenvalue weighted by Gasteiger charge is 2.31. The number of alkyl halides is 3. The number of nitrogens with one attached hydrogen (secondary N) is 1. The van der Waals surface area contributed by atoms with Gasteiger partial charge in [0.25, 0.3) is 0 Å². The molecule has 2 rings (SSSR count). The molecule has 106 valence electrons. The van der Waals surface area contributed by atoms with Crippen LogP contribution in [0.1, 0.15) is 12.0 Å². The predicted octanol–water partition coefficient (Wildman–Crippen LogP) is 4.18. The third-order valence-electron chi connectivity index (χ3n) is 2.57. The number of aromatic hydroxyl groups is 1. The van der Waals surface area contributed by atoms with Crippen LogP contribution in [0.3, 0.4) is 0 Å². The third-order valence-corrected chi connectivity index (χ3v) is 3.31. The Bertz CT molecular complexity index is 620. The molecule has 0 radical (unpaired) electrons. The molecule has 1 aromatic carbocycles. The summed E-state index contributed by atoms with van der Waals surface area (Å²) in [6.45, 7) is 0. The lowest BCUT2D eigenvalue weighted by atomic mass is 10.0. The molecule has 1 aromatic rings. The smallest absolute Gasteiger partial charge is 0.250 e. The van der Waals surface area contributed by atoms with E-state index in [0.29, 0.717) is 22.7 Å². The molecule has 8 heteroatoms. The number of phenolic OH excluding ortho intramolecular Hbond substituents is 1. The second-order valence-electron chi connectivity index (χ2n) is 4.18. The lowest BCUT2D eigenvalue weighted by Crippen LogP contribution is -2.26. The molecule has 1 heterocycles. The van der Waals surface area contributed by atoms with Crippen LogP contribution >= 0.6 is 46.4 Å². The lowest BCUT2D eigenvalue weighted by Gasteiger charge is -2.17. The van der Waals surface area contributed by atoms with Crippen molar-refractivity contribution in [3.05, 3.63) is 28.8 Å². The Hall–Kier alpha value is -0.810. The van der Waals surface area contributed by atoms with Crippen molar-refractivity contribution >= 4 is 63.8 Å². The number of hydrogen-bond donors (Lipinski definition) is 2. The summed E-state index contributed by atoms with van der Waals surface area (Å²) in [5.74, 6) is 0.106. The Morgan fingerprint density at radius 3 is 2.60 bits per heavy atom. The molecule has 0 saturated carbocycles. The molecule has 0 saturated heterocycles. The summed E-state index contributed by atoms with van der Waals surface area (Å²) in [5.41, 5.74) is 1.17. The fourth-order valence-electron chi connectivity index (χ4n) is 1.72. The zero-order chi connectivity index (χ0) is 14.9. The Balaban J connectivity index is 2.29. The Morgan fingerprint density at radius 1 is 1.25 bits per heavy atom. The number of aliphatic imine (C=N–C) groups is 2. The van der Waals surface area contributed by atoms with Gasteiger partial charge in [-0.1, -0.05) is 46.4 Å². The van der Waals surface area contributed by atoms with Crippen molar-refractivity contribution in [3.8, 4) is 5.75 Å². The van der Waals surface area contributed by atoms with E-state index in [1.807, 2.05) is 0 Å². The number of hydrogen-bond acceptors (Lipinski definition) is 3. The summed E-state index contributed by atoms with van der Waals surface area (Å²) in [6.07, 6.45) is 0.532. The number of amidine groups is 2. The van der Waals surface area contributed by atoms with Crippen molar-refractivity contribution in [2.24, 2.45) is 9.98 Å². The topological polar surface area (TPSA) is 68.8 Å². The molecule has 0 unspecified atom stereocenters. The molecule has 0 atom stereocenters. The normalized spacial score (nSPS) is 15.9. The van der Waals surface area contributed by atoms with Crippen LogP contribution in [-0.4, -0.2) is 26.3 Å². The maximum absolute atomic E-state index is 9.78. The second kappa shape index (κ2) is 5.90. The molecule has 20 heavy (non-hydrogen) atoms. The van der Waals surface area contributed by atoms with Gasteiger partial charge in [0.15, 0.2) is 5.84 Å². The van der Waals surface area contributed by atoms with Gasteiger partial charge in [0.1, 0.15) is 11.6 Å². The summed E-state index contributed by atoms with van der Waals surface area (Å²) in [4.78, 5) is 7.96. The van der Waals surface area contributed by atoms with Crippen LogP contribution < -0.4 is 0 Å². The summed E-state index contributed by atoms with van der Waals surface area (Å²) in [6, 6.07) is 4.71. The van der Waals surface area contributed by atoms with Crippen molar-refractivity contribution in [1.82, 2.24) is 0 Å². The molecule has 0 amide bonds. The van der Waals surface area contributed by atoms with E-state index < -0.39 is 3.79 Å². The van der Waals surface area contributed by atoms with Crippen molar-refractivity contribution in [3.63, 3.8) is 0 Å². The van der Waals surface area contributed by atoms with E-state index in [1.165, 1.54) is 6.07 Å². The Labute approximate surface area is 135 Å². The molecule has 1 aliphatic heterocycles. The first-order chi connectivity index (χ1) is 9.25. The molecule has 0 aromatic heterocycles. The number of phenols is 1. The SMILES string of the molecule is N=C1CC(Cc2cc(Cl)ccc2O)=NC(C(Cl)(Cl)Cl)=N1. The van der Waals surface area contributed by atoms with Gasteiger partial charge in [0.05, 0.1) is 0 Å². The van der Waals surface area contributed by atoms with Gasteiger partial charge in [0, 0.05) is 29.1 Å². The quantitative estimate of drug-likeness (QED) is 0.770. The van der Waals surface area contributed by atoms with Crippen LogP contribution in [0.4, 0.5) is 0 Å². The van der Waals surface area contributed by atoms with Crippen molar-refractivity contribution in [2.75, 3.05) is 0 Å². The molecule has 0 bridgehead atoms. The fraction of sp³-hybridized carbons (Fsp3) is 0.250. The van der Waals surface area contributed by atoms with E-state index in [4.69, 9.17) is 51.8 Å². The maximum Gasteiger partial charge on any atom is 0.250 e. The van der Waals surface area contributed by atoms with E-state index in [0.717, 1.165) is 0 Å². The summed E-state index contributed by atoms with van der Waals surface area (Å²) in [7, 11) is 0. The molecular formula is C12H9Cl4N3O. The fourth-order valence-corrected chi connectivity index (χ4v) is 2.17. The molecule has 0 aliphatic carbocycles. The zero-order valence-corrected chi connectivity index (χ0v) is 13.0. The van der Waals surface area contributed by atoms with E-state index in [9.17, 15) is 5.11 Å². The molecule has 4 nitrogen and oxygen atoms in total. The molecular weight excluding hydrogens is 344 g/mol. The second-order valence-corrected chi connectivity index (χ2v) is 6.90. The molecule has 0 fully saturated rings. The third kappa shape index (κ3) is 3.85. The first kappa shape index (κ1) is 15.6. The van der Waals surface area contributed by atoms with E-state index >= 15 is 0 Å². The predicted molar refractivity (Wildman–Crippen MR) is 84.3 cm³/mol. The minimum absolute atomic E-state index is 0.0460. The molecule has 0 spiro atoms.